The Labute approximate surface area is 95.0 Å². The highest BCUT2D eigenvalue weighted by atomic mass is 16.5. The number of nitrogens with one attached hydrogen (secondary N) is 1. The number of hydrogen-bond donors (Lipinski definition) is 2. The zero-order valence-corrected chi connectivity index (χ0v) is 9.56. The van der Waals surface area contributed by atoms with Gasteiger partial charge in [0, 0.05) is 12.7 Å². The standard InChI is InChI=1S/C11H17N3O2/c1-8(2)16-7-11(15)14-10-4-3-9(5-12)6-13-10/h3-4,6,8H,5,7,12H2,1-2H3,(H,13,14,15). The molecular weight excluding hydrogens is 206 g/mol. The summed E-state index contributed by atoms with van der Waals surface area (Å²) in [5.74, 6) is 0.302. The van der Waals surface area contributed by atoms with E-state index < -0.39 is 0 Å². The first-order valence-electron chi connectivity index (χ1n) is 5.18. The summed E-state index contributed by atoms with van der Waals surface area (Å²) >= 11 is 0. The van der Waals surface area contributed by atoms with Crippen LogP contribution in [0.25, 0.3) is 0 Å². The van der Waals surface area contributed by atoms with Crippen LogP contribution in [0.15, 0.2) is 18.3 Å². The van der Waals surface area contributed by atoms with Crippen LogP contribution >= 0.6 is 0 Å². The molecule has 0 unspecified atom stereocenters. The van der Waals surface area contributed by atoms with Crippen LogP contribution in [-0.2, 0) is 16.1 Å². The summed E-state index contributed by atoms with van der Waals surface area (Å²) in [6.45, 7) is 4.23. The van der Waals surface area contributed by atoms with Crippen LogP contribution in [-0.4, -0.2) is 23.6 Å². The molecular formula is C11H17N3O2. The van der Waals surface area contributed by atoms with Crippen molar-refractivity contribution in [3.63, 3.8) is 0 Å². The van der Waals surface area contributed by atoms with Gasteiger partial charge in [-0.25, -0.2) is 4.98 Å². The van der Waals surface area contributed by atoms with Crippen LogP contribution < -0.4 is 11.1 Å². The van der Waals surface area contributed by atoms with Crippen molar-refractivity contribution in [2.75, 3.05) is 11.9 Å². The molecule has 1 amide bonds. The van der Waals surface area contributed by atoms with Gasteiger partial charge in [-0.05, 0) is 25.5 Å². The number of pyridine rings is 1. The Morgan fingerprint density at radius 2 is 2.31 bits per heavy atom. The summed E-state index contributed by atoms with van der Waals surface area (Å²) in [5.41, 5.74) is 6.36. The van der Waals surface area contributed by atoms with E-state index in [9.17, 15) is 4.79 Å². The molecule has 0 aliphatic heterocycles. The van der Waals surface area contributed by atoms with Crippen molar-refractivity contribution in [1.29, 1.82) is 0 Å². The largest absolute Gasteiger partial charge is 0.369 e. The van der Waals surface area contributed by atoms with E-state index in [0.717, 1.165) is 5.56 Å². The highest BCUT2D eigenvalue weighted by Crippen LogP contribution is 2.04. The fraction of sp³-hybridized carbons (Fsp3) is 0.455. The average molecular weight is 223 g/mol. The van der Waals surface area contributed by atoms with Crippen molar-refractivity contribution in [1.82, 2.24) is 4.98 Å². The molecule has 16 heavy (non-hydrogen) atoms. The third kappa shape index (κ3) is 4.37. The lowest BCUT2D eigenvalue weighted by molar-refractivity contribution is -0.121. The van der Waals surface area contributed by atoms with Gasteiger partial charge in [0.25, 0.3) is 5.91 Å². The summed E-state index contributed by atoms with van der Waals surface area (Å²) in [7, 11) is 0. The number of carbonyl (C=O) groups excluding carboxylic acids is 1. The van der Waals surface area contributed by atoms with Crippen molar-refractivity contribution in [3.8, 4) is 0 Å². The number of carbonyl (C=O) groups is 1. The molecule has 5 nitrogen and oxygen atoms in total. The van der Waals surface area contributed by atoms with Crippen LogP contribution in [0.1, 0.15) is 19.4 Å². The Kier molecular flexibility index (Phi) is 4.88. The van der Waals surface area contributed by atoms with Crippen molar-refractivity contribution in [2.24, 2.45) is 5.73 Å². The summed E-state index contributed by atoms with van der Waals surface area (Å²) in [5, 5.41) is 2.63. The number of anilines is 1. The smallest absolute Gasteiger partial charge is 0.251 e. The maximum absolute atomic E-state index is 11.4. The Morgan fingerprint density at radius 3 is 2.81 bits per heavy atom. The molecule has 0 aliphatic carbocycles. The van der Waals surface area contributed by atoms with Crippen LogP contribution in [0.2, 0.25) is 0 Å². The molecule has 1 aromatic rings. The SMILES string of the molecule is CC(C)OCC(=O)Nc1ccc(CN)cn1. The summed E-state index contributed by atoms with van der Waals surface area (Å²) in [4.78, 5) is 15.4. The van der Waals surface area contributed by atoms with Gasteiger partial charge in [-0.1, -0.05) is 6.07 Å². The molecule has 1 aromatic heterocycles. The van der Waals surface area contributed by atoms with E-state index in [1.54, 1.807) is 12.3 Å². The van der Waals surface area contributed by atoms with E-state index in [0.29, 0.717) is 12.4 Å². The number of amides is 1. The van der Waals surface area contributed by atoms with Crippen molar-refractivity contribution < 1.29 is 9.53 Å². The summed E-state index contributed by atoms with van der Waals surface area (Å²) in [6.07, 6.45) is 1.68. The Balaban J connectivity index is 2.43. The quantitative estimate of drug-likeness (QED) is 0.777. The van der Waals surface area contributed by atoms with Crippen LogP contribution in [0.5, 0.6) is 0 Å². The minimum absolute atomic E-state index is 0.0397. The topological polar surface area (TPSA) is 77.2 Å². The minimum atomic E-state index is -0.207. The molecule has 0 fully saturated rings. The third-order valence-corrected chi connectivity index (χ3v) is 1.88. The molecule has 0 aliphatic rings. The lowest BCUT2D eigenvalue weighted by Crippen LogP contribution is -2.21. The maximum Gasteiger partial charge on any atom is 0.251 e. The molecule has 3 N–H and O–H groups in total. The maximum atomic E-state index is 11.4. The first-order valence-corrected chi connectivity index (χ1v) is 5.18. The Hall–Kier alpha value is -1.46. The lowest BCUT2D eigenvalue weighted by atomic mass is 10.3. The van der Waals surface area contributed by atoms with Crippen molar-refractivity contribution in [2.45, 2.75) is 26.5 Å². The number of ether oxygens (including phenoxy) is 1. The highest BCUT2D eigenvalue weighted by molar-refractivity contribution is 5.90. The van der Waals surface area contributed by atoms with Gasteiger partial charge in [-0.2, -0.15) is 0 Å². The fourth-order valence-electron chi connectivity index (χ4n) is 1.04. The van der Waals surface area contributed by atoms with E-state index in [1.807, 2.05) is 19.9 Å². The predicted octanol–water partition coefficient (Wildman–Crippen LogP) is 0.904. The van der Waals surface area contributed by atoms with Crippen LogP contribution in [0.4, 0.5) is 5.82 Å². The Bertz CT molecular complexity index is 336. The lowest BCUT2D eigenvalue weighted by Gasteiger charge is -2.08. The van der Waals surface area contributed by atoms with E-state index in [-0.39, 0.29) is 18.6 Å². The molecule has 1 rings (SSSR count). The van der Waals surface area contributed by atoms with E-state index in [2.05, 4.69) is 10.3 Å². The summed E-state index contributed by atoms with van der Waals surface area (Å²) < 4.78 is 5.16. The number of rotatable bonds is 5. The zero-order chi connectivity index (χ0) is 12.0. The van der Waals surface area contributed by atoms with Gasteiger partial charge in [0.05, 0.1) is 6.10 Å². The number of nitrogens with zero attached hydrogens (tertiary/aromatic N) is 1. The molecule has 0 atom stereocenters. The molecule has 0 radical (unpaired) electrons. The van der Waals surface area contributed by atoms with E-state index in [4.69, 9.17) is 10.5 Å². The molecule has 0 saturated heterocycles. The fourth-order valence-corrected chi connectivity index (χ4v) is 1.04. The molecule has 0 saturated carbocycles. The van der Waals surface area contributed by atoms with Crippen LogP contribution in [0.3, 0.4) is 0 Å². The number of aromatic nitrogens is 1. The van der Waals surface area contributed by atoms with Gasteiger partial charge in [0.1, 0.15) is 12.4 Å². The first-order chi connectivity index (χ1) is 7.61. The second kappa shape index (κ2) is 6.19. The Morgan fingerprint density at radius 1 is 1.56 bits per heavy atom. The molecule has 1 heterocycles. The van der Waals surface area contributed by atoms with Gasteiger partial charge < -0.3 is 15.8 Å². The molecule has 0 aromatic carbocycles. The second-order valence-electron chi connectivity index (χ2n) is 3.66. The molecule has 0 spiro atoms. The highest BCUT2D eigenvalue weighted by Gasteiger charge is 2.04. The van der Waals surface area contributed by atoms with E-state index >= 15 is 0 Å². The van der Waals surface area contributed by atoms with Gasteiger partial charge >= 0.3 is 0 Å². The predicted molar refractivity (Wildman–Crippen MR) is 61.8 cm³/mol. The van der Waals surface area contributed by atoms with Gasteiger partial charge in [0.2, 0.25) is 0 Å². The van der Waals surface area contributed by atoms with Gasteiger partial charge in [-0.3, -0.25) is 4.79 Å². The molecule has 5 heteroatoms. The number of hydrogen-bond acceptors (Lipinski definition) is 4. The number of nitrogens with two attached hydrogens (primary N) is 1. The van der Waals surface area contributed by atoms with Crippen molar-refractivity contribution in [3.05, 3.63) is 23.9 Å². The summed E-state index contributed by atoms with van der Waals surface area (Å²) in [6, 6.07) is 3.54. The molecule has 0 bridgehead atoms. The van der Waals surface area contributed by atoms with Crippen molar-refractivity contribution >= 4 is 11.7 Å². The van der Waals surface area contributed by atoms with E-state index in [1.165, 1.54) is 0 Å². The monoisotopic (exact) mass is 223 g/mol. The second-order valence-corrected chi connectivity index (χ2v) is 3.66. The van der Waals surface area contributed by atoms with Gasteiger partial charge in [0.15, 0.2) is 0 Å². The molecule has 88 valence electrons. The van der Waals surface area contributed by atoms with Gasteiger partial charge in [-0.15, -0.1) is 0 Å². The van der Waals surface area contributed by atoms with Crippen LogP contribution in [0, 0.1) is 0 Å². The minimum Gasteiger partial charge on any atom is -0.369 e. The third-order valence-electron chi connectivity index (χ3n) is 1.88. The first kappa shape index (κ1) is 12.6. The zero-order valence-electron chi connectivity index (χ0n) is 9.56. The normalized spacial score (nSPS) is 10.5. The average Bonchev–Trinajstić information content (AvgIpc) is 2.27.